The molecular formula is C16H20FN5O. The van der Waals surface area contributed by atoms with Crippen LogP contribution in [0.2, 0.25) is 0 Å². The lowest BCUT2D eigenvalue weighted by atomic mass is 10.3. The van der Waals surface area contributed by atoms with Crippen molar-refractivity contribution in [2.45, 2.75) is 39.0 Å². The smallest absolute Gasteiger partial charge is 0.225 e. The number of anilines is 1. The first-order valence-electron chi connectivity index (χ1n) is 8.13. The minimum Gasteiger partial charge on any atom is -0.375 e. The first kappa shape index (κ1) is 14.6. The average Bonchev–Trinajstić information content (AvgIpc) is 3.34. The van der Waals surface area contributed by atoms with E-state index in [0.29, 0.717) is 19.1 Å². The van der Waals surface area contributed by atoms with Gasteiger partial charge in [-0.3, -0.25) is 0 Å². The lowest BCUT2D eigenvalue weighted by Crippen LogP contribution is -2.25. The maximum atomic E-state index is 13.0. The highest BCUT2D eigenvalue weighted by Crippen LogP contribution is 2.29. The summed E-state index contributed by atoms with van der Waals surface area (Å²) in [6, 6.07) is 0. The Bertz CT molecular complexity index is 668. The van der Waals surface area contributed by atoms with Gasteiger partial charge >= 0.3 is 0 Å². The van der Waals surface area contributed by atoms with E-state index in [9.17, 15) is 4.39 Å². The molecule has 0 saturated heterocycles. The third kappa shape index (κ3) is 3.34. The van der Waals surface area contributed by atoms with Gasteiger partial charge in [0.15, 0.2) is 5.82 Å². The van der Waals surface area contributed by atoms with Crippen molar-refractivity contribution in [2.75, 3.05) is 18.1 Å². The standard InChI is InChI=1S/C16H20FN5O/c17-13-6-18-16(19-7-13)21-4-1-5-22-11-20-14(15(22)8-21)10-23-9-12-2-3-12/h6-7,11-12H,1-5,8-10H2. The fraction of sp³-hybridized carbons (Fsp3) is 0.562. The van der Waals surface area contributed by atoms with Crippen LogP contribution in [-0.4, -0.2) is 32.7 Å². The van der Waals surface area contributed by atoms with Gasteiger partial charge in [-0.1, -0.05) is 0 Å². The van der Waals surface area contributed by atoms with Crippen molar-refractivity contribution in [3.63, 3.8) is 0 Å². The van der Waals surface area contributed by atoms with E-state index in [1.165, 1.54) is 25.2 Å². The lowest BCUT2D eigenvalue weighted by molar-refractivity contribution is 0.108. The van der Waals surface area contributed by atoms with E-state index in [4.69, 9.17) is 4.74 Å². The highest BCUT2D eigenvalue weighted by Gasteiger charge is 2.23. The van der Waals surface area contributed by atoms with Gasteiger partial charge in [-0.05, 0) is 25.2 Å². The van der Waals surface area contributed by atoms with Gasteiger partial charge in [-0.15, -0.1) is 0 Å². The highest BCUT2D eigenvalue weighted by atomic mass is 19.1. The Labute approximate surface area is 134 Å². The average molecular weight is 317 g/mol. The van der Waals surface area contributed by atoms with Crippen LogP contribution in [0.3, 0.4) is 0 Å². The summed E-state index contributed by atoms with van der Waals surface area (Å²) in [6.07, 6.45) is 7.87. The molecule has 7 heteroatoms. The van der Waals surface area contributed by atoms with Crippen LogP contribution in [0.5, 0.6) is 0 Å². The van der Waals surface area contributed by atoms with E-state index in [-0.39, 0.29) is 0 Å². The van der Waals surface area contributed by atoms with E-state index >= 15 is 0 Å². The second kappa shape index (κ2) is 6.23. The van der Waals surface area contributed by atoms with E-state index in [2.05, 4.69) is 24.4 Å². The number of rotatable bonds is 5. The molecule has 1 aliphatic carbocycles. The number of aromatic nitrogens is 4. The number of hydrogen-bond donors (Lipinski definition) is 0. The van der Waals surface area contributed by atoms with Gasteiger partial charge in [0.05, 0.1) is 43.3 Å². The van der Waals surface area contributed by atoms with Gasteiger partial charge in [0, 0.05) is 19.7 Å². The van der Waals surface area contributed by atoms with Crippen LogP contribution in [0.4, 0.5) is 10.3 Å². The zero-order valence-electron chi connectivity index (χ0n) is 13.0. The minimum atomic E-state index is -0.414. The molecule has 0 aromatic carbocycles. The molecule has 1 saturated carbocycles. The second-order valence-corrected chi connectivity index (χ2v) is 6.27. The summed E-state index contributed by atoms with van der Waals surface area (Å²) in [6.45, 7) is 3.82. The van der Waals surface area contributed by atoms with E-state index < -0.39 is 5.82 Å². The molecule has 0 unspecified atom stereocenters. The largest absolute Gasteiger partial charge is 0.375 e. The van der Waals surface area contributed by atoms with Crippen molar-refractivity contribution >= 4 is 5.95 Å². The monoisotopic (exact) mass is 317 g/mol. The molecule has 0 atom stereocenters. The fourth-order valence-corrected chi connectivity index (χ4v) is 2.88. The van der Waals surface area contributed by atoms with E-state index in [0.717, 1.165) is 43.4 Å². The topological polar surface area (TPSA) is 56.1 Å². The van der Waals surface area contributed by atoms with Gasteiger partial charge in [-0.25, -0.2) is 19.3 Å². The number of fused-ring (bicyclic) bond motifs is 1. The molecule has 0 spiro atoms. The van der Waals surface area contributed by atoms with Gasteiger partial charge < -0.3 is 14.2 Å². The Morgan fingerprint density at radius 1 is 1.17 bits per heavy atom. The second-order valence-electron chi connectivity index (χ2n) is 6.27. The number of hydrogen-bond acceptors (Lipinski definition) is 5. The van der Waals surface area contributed by atoms with Gasteiger partial charge in [0.25, 0.3) is 0 Å². The molecule has 1 fully saturated rings. The van der Waals surface area contributed by atoms with Gasteiger partial charge in [0.2, 0.25) is 5.95 Å². The summed E-state index contributed by atoms with van der Waals surface area (Å²) < 4.78 is 21.0. The van der Waals surface area contributed by atoms with Crippen LogP contribution >= 0.6 is 0 Å². The fourth-order valence-electron chi connectivity index (χ4n) is 2.88. The van der Waals surface area contributed by atoms with Crippen molar-refractivity contribution in [1.29, 1.82) is 0 Å². The Hall–Kier alpha value is -2.02. The quantitative estimate of drug-likeness (QED) is 0.846. The summed E-state index contributed by atoms with van der Waals surface area (Å²) in [5, 5.41) is 0. The molecule has 0 radical (unpaired) electrons. The number of imidazole rings is 1. The molecule has 3 heterocycles. The Morgan fingerprint density at radius 3 is 2.78 bits per heavy atom. The van der Waals surface area contributed by atoms with E-state index in [1.807, 2.05) is 6.33 Å². The molecule has 2 aliphatic rings. The molecule has 4 rings (SSSR count). The summed E-state index contributed by atoms with van der Waals surface area (Å²) >= 11 is 0. The minimum absolute atomic E-state index is 0.414. The summed E-state index contributed by atoms with van der Waals surface area (Å²) in [5.74, 6) is 0.897. The van der Waals surface area contributed by atoms with Crippen LogP contribution in [0.15, 0.2) is 18.7 Å². The predicted molar refractivity (Wildman–Crippen MR) is 82.3 cm³/mol. The number of halogens is 1. The third-order valence-corrected chi connectivity index (χ3v) is 4.38. The van der Waals surface area contributed by atoms with Gasteiger partial charge in [0.1, 0.15) is 0 Å². The first-order valence-corrected chi connectivity index (χ1v) is 8.13. The molecule has 23 heavy (non-hydrogen) atoms. The van der Waals surface area contributed by atoms with Crippen LogP contribution in [0, 0.1) is 11.7 Å². The van der Waals surface area contributed by atoms with Crippen LogP contribution in [0.1, 0.15) is 30.7 Å². The van der Waals surface area contributed by atoms with Crippen molar-refractivity contribution < 1.29 is 9.13 Å². The van der Waals surface area contributed by atoms with Crippen LogP contribution < -0.4 is 4.90 Å². The summed E-state index contributed by atoms with van der Waals surface area (Å²) in [5.41, 5.74) is 2.13. The molecule has 1 aliphatic heterocycles. The zero-order chi connectivity index (χ0) is 15.6. The Kier molecular flexibility index (Phi) is 3.95. The van der Waals surface area contributed by atoms with Crippen LogP contribution in [0.25, 0.3) is 0 Å². The maximum absolute atomic E-state index is 13.0. The number of ether oxygens (including phenoxy) is 1. The summed E-state index contributed by atoms with van der Waals surface area (Å²) in [4.78, 5) is 14.8. The third-order valence-electron chi connectivity index (χ3n) is 4.38. The van der Waals surface area contributed by atoms with E-state index in [1.54, 1.807) is 0 Å². The molecule has 0 bridgehead atoms. The normalized spacial score (nSPS) is 17.9. The van der Waals surface area contributed by atoms with Crippen molar-refractivity contribution in [3.05, 3.63) is 35.9 Å². The summed E-state index contributed by atoms with van der Waals surface area (Å²) in [7, 11) is 0. The molecule has 122 valence electrons. The molecule has 2 aromatic rings. The molecule has 0 amide bonds. The molecular weight excluding hydrogens is 297 g/mol. The zero-order valence-corrected chi connectivity index (χ0v) is 13.0. The lowest BCUT2D eigenvalue weighted by Gasteiger charge is -2.20. The van der Waals surface area contributed by atoms with Crippen molar-refractivity contribution in [2.24, 2.45) is 5.92 Å². The maximum Gasteiger partial charge on any atom is 0.225 e. The highest BCUT2D eigenvalue weighted by molar-refractivity contribution is 5.32. The number of nitrogens with zero attached hydrogens (tertiary/aromatic N) is 5. The molecule has 2 aromatic heterocycles. The first-order chi connectivity index (χ1) is 11.3. The number of aryl methyl sites for hydroxylation is 1. The van der Waals surface area contributed by atoms with Crippen molar-refractivity contribution in [1.82, 2.24) is 19.5 Å². The Morgan fingerprint density at radius 2 is 2.00 bits per heavy atom. The SMILES string of the molecule is Fc1cnc(N2CCCn3cnc(COCC4CC4)c3C2)nc1. The van der Waals surface area contributed by atoms with Crippen molar-refractivity contribution in [3.8, 4) is 0 Å². The predicted octanol–water partition coefficient (Wildman–Crippen LogP) is 2.15. The molecule has 6 nitrogen and oxygen atoms in total. The van der Waals surface area contributed by atoms with Crippen LogP contribution in [-0.2, 0) is 24.4 Å². The molecule has 0 N–H and O–H groups in total. The van der Waals surface area contributed by atoms with Gasteiger partial charge in [-0.2, -0.15) is 0 Å². The Balaban J connectivity index is 1.49.